The molecule has 0 radical (unpaired) electrons. The summed E-state index contributed by atoms with van der Waals surface area (Å²) in [5.74, 6) is -5.12. The summed E-state index contributed by atoms with van der Waals surface area (Å²) in [6.45, 7) is 1.50. The van der Waals surface area contributed by atoms with Gasteiger partial charge in [-0.25, -0.2) is 27.1 Å². The third-order valence-corrected chi connectivity index (χ3v) is 7.95. The number of aromatic nitrogens is 2. The number of aryl methyl sites for hydroxylation is 2. The van der Waals surface area contributed by atoms with Gasteiger partial charge in [-0.2, -0.15) is 26.3 Å². The summed E-state index contributed by atoms with van der Waals surface area (Å²) in [5, 5.41) is 15.9. The van der Waals surface area contributed by atoms with Crippen LogP contribution in [-0.2, 0) is 33.2 Å². The molecule has 0 aliphatic rings. The third-order valence-electron chi connectivity index (χ3n) is 6.50. The van der Waals surface area contributed by atoms with E-state index in [0.717, 1.165) is 30.5 Å². The number of hydrogen-bond acceptors (Lipinski definition) is 7. The highest BCUT2D eigenvalue weighted by atomic mass is 32.2. The van der Waals surface area contributed by atoms with E-state index in [1.54, 1.807) is 24.3 Å². The van der Waals surface area contributed by atoms with Crippen LogP contribution in [0.25, 0.3) is 0 Å². The van der Waals surface area contributed by atoms with Crippen molar-refractivity contribution in [3.8, 4) is 5.75 Å². The van der Waals surface area contributed by atoms with E-state index >= 15 is 0 Å². The fourth-order valence-corrected chi connectivity index (χ4v) is 5.29. The summed E-state index contributed by atoms with van der Waals surface area (Å²) in [4.78, 5) is 17.8. The number of carboxylic acid groups (broad SMARTS) is 2. The molecular weight excluding hydrogens is 698 g/mol. The lowest BCUT2D eigenvalue weighted by atomic mass is 9.95. The van der Waals surface area contributed by atoms with Gasteiger partial charge in [-0.1, -0.05) is 60.7 Å². The van der Waals surface area contributed by atoms with Gasteiger partial charge in [0.2, 0.25) is 16.4 Å². The van der Waals surface area contributed by atoms with Gasteiger partial charge in [-0.15, -0.1) is 0 Å². The number of nitrogens with zero attached hydrogens (tertiary/aromatic N) is 2. The molecule has 4 rings (SSSR count). The molecule has 0 aliphatic carbocycles. The maximum absolute atomic E-state index is 13.3. The summed E-state index contributed by atoms with van der Waals surface area (Å²) in [6, 6.07) is 24.2. The van der Waals surface area contributed by atoms with Gasteiger partial charge < -0.3 is 25.5 Å². The normalized spacial score (nSPS) is 12.7. The van der Waals surface area contributed by atoms with Gasteiger partial charge in [0.05, 0.1) is 37.2 Å². The van der Waals surface area contributed by atoms with Gasteiger partial charge in [0.1, 0.15) is 24.1 Å². The molecule has 4 aromatic rings. The molecule has 2 atom stereocenters. The highest BCUT2D eigenvalue weighted by Gasteiger charge is 2.38. The van der Waals surface area contributed by atoms with Crippen molar-refractivity contribution in [2.75, 3.05) is 6.61 Å². The first-order chi connectivity index (χ1) is 23.3. The Morgan fingerprint density at radius 2 is 1.40 bits per heavy atom. The molecule has 1 heterocycles. The highest BCUT2D eigenvalue weighted by molar-refractivity contribution is 7.89. The number of hydrogen-bond donors (Lipinski definition) is 3. The maximum atomic E-state index is 13.3. The number of sulfonamides is 1. The van der Waals surface area contributed by atoms with Crippen molar-refractivity contribution in [3.05, 3.63) is 115 Å². The van der Waals surface area contributed by atoms with Crippen molar-refractivity contribution in [3.63, 3.8) is 0 Å². The number of nitrogens with one attached hydrogen (secondary N) is 1. The van der Waals surface area contributed by atoms with Crippen molar-refractivity contribution in [2.24, 2.45) is 12.8 Å². The fourth-order valence-electron chi connectivity index (χ4n) is 4.05. The standard InChI is InChI=1S/C28H33N4O3S.2C2HF3O2/c1-31-19-20-32(22-31)18-8-9-21-35-25-14-16-26(17-15-25)36(33,34)30-28(24-12-6-3-7-13-24)27(29)23-10-4-2-5-11-23;2*3-2(4,5)1(6)7/h2-7,10-17,19-20,22,27-28,30H,8-9,18,21,29H2,1H3;2*(H,6,7)/q+1;;/p-1/t27-,28-;;/m0../s1. The van der Waals surface area contributed by atoms with Gasteiger partial charge in [0.15, 0.2) is 0 Å². The van der Waals surface area contributed by atoms with E-state index < -0.39 is 46.4 Å². The van der Waals surface area contributed by atoms with E-state index in [4.69, 9.17) is 30.3 Å². The minimum Gasteiger partial charge on any atom is -0.542 e. The molecule has 4 N–H and O–H groups in total. The maximum Gasteiger partial charge on any atom is 0.490 e. The topological polar surface area (TPSA) is 168 Å². The highest BCUT2D eigenvalue weighted by Crippen LogP contribution is 2.29. The largest absolute Gasteiger partial charge is 0.542 e. The van der Waals surface area contributed by atoms with Crippen LogP contribution in [0.3, 0.4) is 0 Å². The summed E-state index contributed by atoms with van der Waals surface area (Å²) in [7, 11) is -1.83. The van der Waals surface area contributed by atoms with Crippen molar-refractivity contribution < 1.29 is 63.9 Å². The molecule has 0 spiro atoms. The van der Waals surface area contributed by atoms with E-state index in [0.29, 0.717) is 12.4 Å². The Bertz CT molecular complexity index is 1710. The number of imidazole rings is 1. The molecule has 0 amide bonds. The average molecular weight is 733 g/mol. The van der Waals surface area contributed by atoms with Crippen molar-refractivity contribution >= 4 is 22.0 Å². The number of rotatable bonds is 12. The summed E-state index contributed by atoms with van der Waals surface area (Å²) < 4.78 is 103. The molecule has 0 saturated heterocycles. The van der Waals surface area contributed by atoms with Gasteiger partial charge in [0, 0.05) is 0 Å². The van der Waals surface area contributed by atoms with E-state index in [-0.39, 0.29) is 4.90 Å². The molecule has 272 valence electrons. The number of carbonyl (C=O) groups excluding carboxylic acids is 1. The number of alkyl halides is 6. The van der Waals surface area contributed by atoms with Crippen LogP contribution in [0.4, 0.5) is 26.3 Å². The number of halogens is 6. The molecule has 0 aliphatic heterocycles. The van der Waals surface area contributed by atoms with Crippen LogP contribution in [0.15, 0.2) is 109 Å². The van der Waals surface area contributed by atoms with E-state index in [2.05, 4.69) is 9.29 Å². The quantitative estimate of drug-likeness (QED) is 0.112. The molecule has 50 heavy (non-hydrogen) atoms. The lowest BCUT2D eigenvalue weighted by molar-refractivity contribution is -0.671. The zero-order valence-corrected chi connectivity index (χ0v) is 27.2. The van der Waals surface area contributed by atoms with Crippen LogP contribution in [0.2, 0.25) is 0 Å². The number of ether oxygens (including phenoxy) is 1. The van der Waals surface area contributed by atoms with Crippen LogP contribution < -0.4 is 24.9 Å². The average Bonchev–Trinajstić information content (AvgIpc) is 3.48. The van der Waals surface area contributed by atoms with Crippen LogP contribution in [0.1, 0.15) is 36.1 Å². The molecule has 0 fully saturated rings. The van der Waals surface area contributed by atoms with Crippen molar-refractivity contribution in [2.45, 2.75) is 48.7 Å². The molecule has 11 nitrogen and oxygen atoms in total. The molecule has 0 unspecified atom stereocenters. The molecular formula is C32H34F6N4O7S. The Morgan fingerprint density at radius 3 is 1.84 bits per heavy atom. The van der Waals surface area contributed by atoms with Gasteiger partial charge in [-0.05, 0) is 48.2 Å². The summed E-state index contributed by atoms with van der Waals surface area (Å²) in [6.07, 6.45) is -2.28. The molecule has 1 aromatic heterocycles. The zero-order chi connectivity index (χ0) is 37.5. The van der Waals surface area contributed by atoms with Gasteiger partial charge in [-0.3, -0.25) is 0 Å². The Kier molecular flexibility index (Phi) is 15.4. The van der Waals surface area contributed by atoms with Gasteiger partial charge >= 0.3 is 18.3 Å². The summed E-state index contributed by atoms with van der Waals surface area (Å²) in [5.41, 5.74) is 8.20. The molecule has 3 aromatic carbocycles. The first-order valence-corrected chi connectivity index (χ1v) is 16.0. The second-order valence-corrected chi connectivity index (χ2v) is 12.1. The predicted octanol–water partition coefficient (Wildman–Crippen LogP) is 3.82. The van der Waals surface area contributed by atoms with E-state index in [1.807, 2.05) is 91.0 Å². The Morgan fingerprint density at radius 1 is 0.900 bits per heavy atom. The number of nitrogens with two attached hydrogens (primary N) is 1. The lowest BCUT2D eigenvalue weighted by Crippen LogP contribution is -2.37. The first kappa shape index (κ1) is 41.2. The fraction of sp³-hybridized carbons (Fsp3) is 0.281. The van der Waals surface area contributed by atoms with Crippen LogP contribution >= 0.6 is 0 Å². The number of benzene rings is 3. The molecule has 18 heteroatoms. The van der Waals surface area contributed by atoms with Gasteiger partial charge in [0.25, 0.3) is 0 Å². The zero-order valence-electron chi connectivity index (χ0n) is 26.3. The second-order valence-electron chi connectivity index (χ2n) is 10.4. The third kappa shape index (κ3) is 14.3. The Balaban J connectivity index is 0.000000521. The molecule has 0 saturated carbocycles. The Labute approximate surface area is 283 Å². The lowest BCUT2D eigenvalue weighted by Gasteiger charge is -2.26. The minimum absolute atomic E-state index is 0.163. The number of aliphatic carboxylic acids is 2. The number of carboxylic acids is 2. The monoisotopic (exact) mass is 732 g/mol. The predicted molar refractivity (Wildman–Crippen MR) is 164 cm³/mol. The second kappa shape index (κ2) is 18.7. The van der Waals surface area contributed by atoms with Crippen molar-refractivity contribution in [1.29, 1.82) is 0 Å². The van der Waals surface area contributed by atoms with Crippen LogP contribution in [-0.4, -0.2) is 49.0 Å². The first-order valence-electron chi connectivity index (χ1n) is 14.5. The van der Waals surface area contributed by atoms with E-state index in [9.17, 15) is 34.8 Å². The number of carbonyl (C=O) groups is 2. The smallest absolute Gasteiger partial charge is 0.490 e. The molecule has 0 bridgehead atoms. The summed E-state index contributed by atoms with van der Waals surface area (Å²) >= 11 is 0. The minimum atomic E-state index is -5.19. The Hall–Kier alpha value is -4.94. The SMILES string of the molecule is C[n+]1ccn(CCCCOc2ccc(S(=O)(=O)N[C@@H](c3ccccc3)[C@@H](N)c3ccccc3)cc2)c1.O=C(O)C(F)(F)F.O=C([O-])C(F)(F)F. The van der Waals surface area contributed by atoms with E-state index in [1.165, 1.54) is 0 Å². The number of unbranched alkanes of at least 4 members (excludes halogenated alkanes) is 1. The van der Waals surface area contributed by atoms with Crippen LogP contribution in [0, 0.1) is 0 Å². The van der Waals surface area contributed by atoms with Crippen LogP contribution in [0.5, 0.6) is 5.75 Å². The van der Waals surface area contributed by atoms with Crippen molar-refractivity contribution in [1.82, 2.24) is 9.29 Å².